The zero-order chi connectivity index (χ0) is 25.5. The minimum Gasteiger partial charge on any atom is -0.429 e. The van der Waals surface area contributed by atoms with E-state index in [-0.39, 0.29) is 0 Å². The first-order valence-corrected chi connectivity index (χ1v) is 12.8. The Kier molecular flexibility index (Phi) is 6.91. The summed E-state index contributed by atoms with van der Waals surface area (Å²) in [4.78, 5) is 4.86. The van der Waals surface area contributed by atoms with Gasteiger partial charge in [-0.15, -0.1) is 0 Å². The van der Waals surface area contributed by atoms with E-state index < -0.39 is 15.5 Å². The number of nitrogens with two attached hydrogens (primary N) is 1. The molecule has 2 aromatic heterocycles. The predicted molar refractivity (Wildman–Crippen MR) is 147 cm³/mol. The Morgan fingerprint density at radius 2 is 1.77 bits per heavy atom. The minimum absolute atomic E-state index is 0.394. The van der Waals surface area contributed by atoms with Crippen molar-refractivity contribution in [1.29, 1.82) is 5.41 Å². The van der Waals surface area contributed by atoms with Gasteiger partial charge in [-0.3, -0.25) is 4.21 Å². The van der Waals surface area contributed by atoms with Crippen molar-refractivity contribution in [1.82, 2.24) is 4.98 Å². The summed E-state index contributed by atoms with van der Waals surface area (Å²) in [5, 5.41) is 9.85. The number of hydrogen-bond donors (Lipinski definition) is 2. The second-order valence-corrected chi connectivity index (χ2v) is 12.1. The van der Waals surface area contributed by atoms with Gasteiger partial charge in [-0.05, 0) is 63.1 Å². The monoisotopic (exact) mass is 525 g/mol. The first kappa shape index (κ1) is 25.2. The highest BCUT2D eigenvalue weighted by Crippen LogP contribution is 2.40. The third kappa shape index (κ3) is 4.79. The molecular weight excluding hydrogens is 501 g/mol. The van der Waals surface area contributed by atoms with E-state index in [2.05, 4.69) is 0 Å². The number of furan rings is 1. The summed E-state index contributed by atoms with van der Waals surface area (Å²) in [5.41, 5.74) is 11.2. The molecule has 0 bridgehead atoms. The second kappa shape index (κ2) is 9.61. The van der Waals surface area contributed by atoms with Gasteiger partial charge in [-0.25, -0.2) is 4.98 Å². The molecule has 0 amide bonds. The normalized spacial score (nSPS) is 13.3. The zero-order valence-electron chi connectivity index (χ0n) is 19.8. The summed E-state index contributed by atoms with van der Waals surface area (Å²) in [6.45, 7) is 7.63. The van der Waals surface area contributed by atoms with E-state index in [9.17, 15) is 4.21 Å². The lowest BCUT2D eigenvalue weighted by molar-refractivity contribution is 0.484. The van der Waals surface area contributed by atoms with Crippen LogP contribution in [-0.2, 0) is 10.8 Å². The van der Waals surface area contributed by atoms with Crippen molar-refractivity contribution in [2.24, 2.45) is 5.73 Å². The highest BCUT2D eigenvalue weighted by atomic mass is 35.5. The second-order valence-electron chi connectivity index (χ2n) is 9.10. The Hall–Kier alpha value is -2.93. The van der Waals surface area contributed by atoms with Crippen molar-refractivity contribution >= 4 is 56.9 Å². The number of benzene rings is 2. The van der Waals surface area contributed by atoms with E-state index in [4.69, 9.17) is 43.7 Å². The minimum atomic E-state index is -1.35. The van der Waals surface area contributed by atoms with Gasteiger partial charge in [0.15, 0.2) is 5.09 Å². The fourth-order valence-corrected chi connectivity index (χ4v) is 5.24. The molecule has 0 fully saturated rings. The molecule has 2 aromatic carbocycles. The lowest BCUT2D eigenvalue weighted by Crippen LogP contribution is -2.21. The SMILES string of the molecule is Cc1c(S(=O)C(C)(C)C)oc2nc(-c3ccc(/C(C=N)=C/N)cc3Cl)c(-c3ccc(Cl)cc3)cc12. The smallest absolute Gasteiger partial charge is 0.228 e. The average molecular weight is 526 g/mol. The number of aromatic nitrogens is 1. The van der Waals surface area contributed by atoms with Crippen molar-refractivity contribution in [2.45, 2.75) is 37.5 Å². The molecule has 0 radical (unpaired) electrons. The van der Waals surface area contributed by atoms with Crippen LogP contribution >= 0.6 is 23.2 Å². The van der Waals surface area contributed by atoms with Gasteiger partial charge in [-0.1, -0.05) is 47.5 Å². The number of pyridine rings is 1. The van der Waals surface area contributed by atoms with E-state index in [1.54, 1.807) is 6.07 Å². The van der Waals surface area contributed by atoms with Gasteiger partial charge in [0, 0.05) is 49.8 Å². The number of fused-ring (bicyclic) bond motifs is 1. The van der Waals surface area contributed by atoms with Crippen molar-refractivity contribution in [3.8, 4) is 22.4 Å². The van der Waals surface area contributed by atoms with Crippen LogP contribution in [0.4, 0.5) is 0 Å². The molecule has 1 atom stereocenters. The number of nitrogens with one attached hydrogen (secondary N) is 1. The standard InChI is InChI=1S/C27H25Cl2N3O2S/c1-15-21-12-22(16-5-8-19(28)9-6-16)24(32-25(21)34-26(15)35(33)27(2,3)4)20-10-7-17(11-23(20)29)18(13-30)14-31/h5-14,30H,31H2,1-4H3/b18-14+,30-13?. The maximum atomic E-state index is 13.1. The van der Waals surface area contributed by atoms with Gasteiger partial charge < -0.3 is 15.6 Å². The van der Waals surface area contributed by atoms with Crippen LogP contribution in [-0.4, -0.2) is 20.2 Å². The molecule has 4 rings (SSSR count). The lowest BCUT2D eigenvalue weighted by atomic mass is 9.96. The highest BCUT2D eigenvalue weighted by molar-refractivity contribution is 7.86. The van der Waals surface area contributed by atoms with E-state index in [0.717, 1.165) is 27.6 Å². The van der Waals surface area contributed by atoms with E-state index in [1.807, 2.05) is 70.2 Å². The molecular formula is C27H25Cl2N3O2S. The Labute approximate surface area is 216 Å². The number of nitrogens with zero attached hydrogens (tertiary/aromatic N) is 1. The number of rotatable bonds is 5. The van der Waals surface area contributed by atoms with Crippen LogP contribution in [0.2, 0.25) is 10.0 Å². The van der Waals surface area contributed by atoms with Crippen LogP contribution < -0.4 is 5.73 Å². The largest absolute Gasteiger partial charge is 0.429 e. The van der Waals surface area contributed by atoms with Gasteiger partial charge >= 0.3 is 0 Å². The van der Waals surface area contributed by atoms with E-state index in [0.29, 0.717) is 37.7 Å². The highest BCUT2D eigenvalue weighted by Gasteiger charge is 2.28. The molecule has 0 spiro atoms. The molecule has 0 saturated heterocycles. The molecule has 1 unspecified atom stereocenters. The van der Waals surface area contributed by atoms with Crippen LogP contribution in [0.5, 0.6) is 0 Å². The number of allylic oxidation sites excluding steroid dienone is 1. The Morgan fingerprint density at radius 1 is 1.09 bits per heavy atom. The molecule has 180 valence electrons. The van der Waals surface area contributed by atoms with Gasteiger partial charge in [0.2, 0.25) is 5.71 Å². The molecule has 0 aliphatic rings. The van der Waals surface area contributed by atoms with Crippen LogP contribution in [0.3, 0.4) is 0 Å². The maximum absolute atomic E-state index is 13.1. The molecule has 4 aromatic rings. The Bertz CT molecular complexity index is 1500. The quantitative estimate of drug-likeness (QED) is 0.262. The molecule has 0 aliphatic carbocycles. The molecule has 35 heavy (non-hydrogen) atoms. The zero-order valence-corrected chi connectivity index (χ0v) is 22.1. The fourth-order valence-electron chi connectivity index (χ4n) is 3.74. The number of hydrogen-bond acceptors (Lipinski definition) is 5. The number of halogens is 2. The summed E-state index contributed by atoms with van der Waals surface area (Å²) in [7, 11) is -1.35. The van der Waals surface area contributed by atoms with Crippen molar-refractivity contribution in [3.63, 3.8) is 0 Å². The third-order valence-electron chi connectivity index (χ3n) is 5.66. The fraction of sp³-hybridized carbons (Fsp3) is 0.185. The third-order valence-corrected chi connectivity index (χ3v) is 8.06. The summed E-state index contributed by atoms with van der Waals surface area (Å²) < 4.78 is 18.7. The van der Waals surface area contributed by atoms with Crippen LogP contribution in [0, 0.1) is 12.3 Å². The van der Waals surface area contributed by atoms with Gasteiger partial charge in [-0.2, -0.15) is 0 Å². The summed E-state index contributed by atoms with van der Waals surface area (Å²) in [6.07, 6.45) is 2.54. The molecule has 0 aliphatic heterocycles. The first-order valence-electron chi connectivity index (χ1n) is 10.9. The predicted octanol–water partition coefficient (Wildman–Crippen LogP) is 7.63. The summed E-state index contributed by atoms with van der Waals surface area (Å²) >= 11 is 12.9. The topological polar surface area (TPSA) is 93.0 Å². The van der Waals surface area contributed by atoms with Crippen molar-refractivity contribution < 1.29 is 8.63 Å². The molecule has 0 saturated carbocycles. The summed E-state index contributed by atoms with van der Waals surface area (Å²) in [6, 6.07) is 14.9. The van der Waals surface area contributed by atoms with Crippen LogP contribution in [0.15, 0.2) is 64.2 Å². The van der Waals surface area contributed by atoms with Gasteiger partial charge in [0.05, 0.1) is 21.5 Å². The lowest BCUT2D eigenvalue weighted by Gasteiger charge is -2.15. The molecule has 8 heteroatoms. The van der Waals surface area contributed by atoms with Crippen LogP contribution in [0.25, 0.3) is 39.1 Å². The Balaban J connectivity index is 2.00. The Morgan fingerprint density at radius 3 is 2.34 bits per heavy atom. The van der Waals surface area contributed by atoms with Crippen molar-refractivity contribution in [3.05, 3.63) is 75.9 Å². The van der Waals surface area contributed by atoms with Gasteiger partial charge in [0.25, 0.3) is 0 Å². The van der Waals surface area contributed by atoms with E-state index >= 15 is 0 Å². The maximum Gasteiger partial charge on any atom is 0.228 e. The van der Waals surface area contributed by atoms with Crippen molar-refractivity contribution in [2.75, 3.05) is 0 Å². The molecule has 5 nitrogen and oxygen atoms in total. The number of aryl methyl sites for hydroxylation is 1. The van der Waals surface area contributed by atoms with Crippen LogP contribution in [0.1, 0.15) is 31.9 Å². The van der Waals surface area contributed by atoms with Gasteiger partial charge in [0.1, 0.15) is 0 Å². The van der Waals surface area contributed by atoms with E-state index in [1.165, 1.54) is 12.4 Å². The average Bonchev–Trinajstić information content (AvgIpc) is 3.14. The molecule has 3 N–H and O–H groups in total. The summed E-state index contributed by atoms with van der Waals surface area (Å²) in [5.74, 6) is 0. The molecule has 2 heterocycles. The first-order chi connectivity index (χ1) is 16.5.